The first-order valence-corrected chi connectivity index (χ1v) is 13.0. The van der Waals surface area contributed by atoms with Crippen LogP contribution in [0.25, 0.3) is 16.9 Å². The molecular formula is C34H32N2O3. The third-order valence-corrected chi connectivity index (χ3v) is 6.98. The van der Waals surface area contributed by atoms with Crippen LogP contribution in [0.4, 0.5) is 0 Å². The van der Waals surface area contributed by atoms with Crippen molar-refractivity contribution in [2.75, 3.05) is 14.2 Å². The minimum Gasteiger partial charge on any atom is -0.497 e. The number of benzene rings is 4. The first-order valence-electron chi connectivity index (χ1n) is 13.0. The Morgan fingerprint density at radius 1 is 0.795 bits per heavy atom. The van der Waals surface area contributed by atoms with E-state index in [1.54, 1.807) is 14.2 Å². The van der Waals surface area contributed by atoms with Gasteiger partial charge in [0.2, 0.25) is 0 Å². The van der Waals surface area contributed by atoms with Crippen LogP contribution >= 0.6 is 0 Å². The van der Waals surface area contributed by atoms with Crippen LogP contribution in [0.1, 0.15) is 33.2 Å². The number of aromatic nitrogens is 1. The summed E-state index contributed by atoms with van der Waals surface area (Å²) in [6.45, 7) is 1.97. The van der Waals surface area contributed by atoms with Gasteiger partial charge in [0.25, 0.3) is 5.91 Å². The average Bonchev–Trinajstić information content (AvgIpc) is 3.34. The van der Waals surface area contributed by atoms with Crippen LogP contribution in [0, 0.1) is 6.92 Å². The number of methoxy groups -OCH3 is 2. The van der Waals surface area contributed by atoms with Crippen molar-refractivity contribution in [1.82, 2.24) is 9.88 Å². The summed E-state index contributed by atoms with van der Waals surface area (Å²) in [6, 6.07) is 37.9. The van der Waals surface area contributed by atoms with Gasteiger partial charge in [0.1, 0.15) is 11.5 Å². The zero-order valence-electron chi connectivity index (χ0n) is 22.4. The number of hydrogen-bond donors (Lipinski definition) is 1. The lowest BCUT2D eigenvalue weighted by Gasteiger charge is -2.20. The van der Waals surface area contributed by atoms with Crippen LogP contribution in [0.2, 0.25) is 0 Å². The van der Waals surface area contributed by atoms with Crippen LogP contribution in [0.15, 0.2) is 115 Å². The van der Waals surface area contributed by atoms with Gasteiger partial charge in [-0.25, -0.2) is 0 Å². The molecule has 5 aromatic rings. The van der Waals surface area contributed by atoms with E-state index in [4.69, 9.17) is 9.47 Å². The molecule has 0 saturated heterocycles. The van der Waals surface area contributed by atoms with Gasteiger partial charge in [-0.15, -0.1) is 0 Å². The lowest BCUT2D eigenvalue weighted by molar-refractivity contribution is 0.0936. The highest BCUT2D eigenvalue weighted by atomic mass is 16.5. The molecule has 1 heterocycles. The minimum atomic E-state index is -0.185. The van der Waals surface area contributed by atoms with Gasteiger partial charge in [0.05, 0.1) is 37.2 Å². The van der Waals surface area contributed by atoms with E-state index in [-0.39, 0.29) is 11.9 Å². The molecule has 5 rings (SSSR count). The number of amides is 1. The van der Waals surface area contributed by atoms with E-state index < -0.39 is 0 Å². The molecule has 0 radical (unpaired) electrons. The highest BCUT2D eigenvalue weighted by Crippen LogP contribution is 2.36. The van der Waals surface area contributed by atoms with E-state index in [0.29, 0.717) is 23.5 Å². The quantitative estimate of drug-likeness (QED) is 0.226. The fourth-order valence-corrected chi connectivity index (χ4v) is 4.96. The van der Waals surface area contributed by atoms with Crippen molar-refractivity contribution in [2.24, 2.45) is 0 Å². The van der Waals surface area contributed by atoms with Gasteiger partial charge in [-0.2, -0.15) is 0 Å². The fraction of sp³-hybridized carbons (Fsp3) is 0.147. The normalized spacial score (nSPS) is 11.6. The summed E-state index contributed by atoms with van der Waals surface area (Å²) in [5.74, 6) is 1.26. The topological polar surface area (TPSA) is 52.5 Å². The van der Waals surface area contributed by atoms with E-state index in [1.165, 1.54) is 0 Å². The van der Waals surface area contributed by atoms with E-state index >= 15 is 0 Å². The van der Waals surface area contributed by atoms with Gasteiger partial charge in [-0.3, -0.25) is 4.79 Å². The number of nitrogens with zero attached hydrogens (tertiary/aromatic N) is 1. The third-order valence-electron chi connectivity index (χ3n) is 6.98. The molecule has 0 aliphatic heterocycles. The molecule has 39 heavy (non-hydrogen) atoms. The van der Waals surface area contributed by atoms with E-state index in [2.05, 4.69) is 34.1 Å². The maximum Gasteiger partial charge on any atom is 0.253 e. The SMILES string of the molecule is COc1ccc(OC)c(-n2c(-c3ccccc3)cc(C(=O)N[C@H](Cc3ccccc3)c3ccccc3)c2C)c1. The molecule has 0 unspecified atom stereocenters. The number of rotatable bonds is 9. The Labute approximate surface area is 229 Å². The van der Waals surface area contributed by atoms with Crippen molar-refractivity contribution in [1.29, 1.82) is 0 Å². The van der Waals surface area contributed by atoms with Gasteiger partial charge in [-0.05, 0) is 48.2 Å². The summed E-state index contributed by atoms with van der Waals surface area (Å²) in [5, 5.41) is 3.33. The first kappa shape index (κ1) is 25.9. The van der Waals surface area contributed by atoms with Crippen LogP contribution in [0.5, 0.6) is 11.5 Å². The van der Waals surface area contributed by atoms with Gasteiger partial charge < -0.3 is 19.4 Å². The predicted octanol–water partition coefficient (Wildman–Crippen LogP) is 7.18. The highest BCUT2D eigenvalue weighted by Gasteiger charge is 2.24. The molecule has 0 fully saturated rings. The number of carbonyl (C=O) groups excluding carboxylic acids is 1. The molecule has 196 valence electrons. The molecule has 4 aromatic carbocycles. The maximum atomic E-state index is 14.0. The third kappa shape index (κ3) is 5.58. The van der Waals surface area contributed by atoms with Crippen LogP contribution in [-0.2, 0) is 6.42 Å². The van der Waals surface area contributed by atoms with Crippen LogP contribution < -0.4 is 14.8 Å². The molecule has 0 bridgehead atoms. The minimum absolute atomic E-state index is 0.130. The van der Waals surface area contributed by atoms with Crippen molar-refractivity contribution < 1.29 is 14.3 Å². The molecule has 0 spiro atoms. The molecule has 1 atom stereocenters. The van der Waals surface area contributed by atoms with Crippen LogP contribution in [-0.4, -0.2) is 24.7 Å². The van der Waals surface area contributed by atoms with E-state index in [0.717, 1.165) is 33.8 Å². The highest BCUT2D eigenvalue weighted by molar-refractivity contribution is 5.97. The smallest absolute Gasteiger partial charge is 0.253 e. The summed E-state index contributed by atoms with van der Waals surface area (Å²) < 4.78 is 13.3. The number of ether oxygens (including phenoxy) is 2. The zero-order valence-corrected chi connectivity index (χ0v) is 22.4. The summed E-state index contributed by atoms with van der Waals surface area (Å²) in [4.78, 5) is 14.0. The Morgan fingerprint density at radius 3 is 2.08 bits per heavy atom. The molecule has 0 aliphatic carbocycles. The number of carbonyl (C=O) groups is 1. The second kappa shape index (κ2) is 11.7. The Balaban J connectivity index is 1.59. The molecule has 5 heteroatoms. The van der Waals surface area contributed by atoms with E-state index in [1.807, 2.05) is 97.9 Å². The molecule has 0 saturated carbocycles. The van der Waals surface area contributed by atoms with Crippen molar-refractivity contribution in [3.63, 3.8) is 0 Å². The fourth-order valence-electron chi connectivity index (χ4n) is 4.96. The average molecular weight is 517 g/mol. The van der Waals surface area contributed by atoms with Gasteiger partial charge in [-0.1, -0.05) is 91.0 Å². The monoisotopic (exact) mass is 516 g/mol. The van der Waals surface area contributed by atoms with Crippen molar-refractivity contribution in [2.45, 2.75) is 19.4 Å². The Bertz CT molecular complexity index is 1540. The zero-order chi connectivity index (χ0) is 27.2. The van der Waals surface area contributed by atoms with Crippen molar-refractivity contribution in [3.05, 3.63) is 138 Å². The van der Waals surface area contributed by atoms with Gasteiger partial charge in [0, 0.05) is 11.8 Å². The lowest BCUT2D eigenvalue weighted by Crippen LogP contribution is -2.30. The molecular weight excluding hydrogens is 484 g/mol. The Morgan fingerprint density at radius 2 is 1.44 bits per heavy atom. The number of nitrogens with one attached hydrogen (secondary N) is 1. The van der Waals surface area contributed by atoms with Gasteiger partial charge in [0.15, 0.2) is 0 Å². The van der Waals surface area contributed by atoms with Crippen molar-refractivity contribution in [3.8, 4) is 28.4 Å². The summed E-state index contributed by atoms with van der Waals surface area (Å²) >= 11 is 0. The summed E-state index contributed by atoms with van der Waals surface area (Å²) in [6.07, 6.45) is 0.686. The summed E-state index contributed by atoms with van der Waals surface area (Å²) in [7, 11) is 3.29. The summed E-state index contributed by atoms with van der Waals surface area (Å²) in [5.41, 5.74) is 6.32. The number of hydrogen-bond acceptors (Lipinski definition) is 3. The maximum absolute atomic E-state index is 14.0. The standard InChI is InChI=1S/C34H32N2O3/c1-24-29(34(37)35-30(26-15-9-5-10-16-26)21-25-13-7-4-8-14-25)23-31(27-17-11-6-12-18-27)36(24)32-22-28(38-2)19-20-33(32)39-3/h4-20,22-23,30H,21H2,1-3H3,(H,35,37)/t30-/m1/s1. The second-order valence-corrected chi connectivity index (χ2v) is 9.39. The van der Waals surface area contributed by atoms with E-state index in [9.17, 15) is 4.79 Å². The molecule has 5 nitrogen and oxygen atoms in total. The first-order chi connectivity index (χ1) is 19.1. The molecule has 1 amide bonds. The molecule has 0 aliphatic rings. The molecule has 1 aromatic heterocycles. The lowest BCUT2D eigenvalue weighted by atomic mass is 9.98. The second-order valence-electron chi connectivity index (χ2n) is 9.39. The Kier molecular flexibility index (Phi) is 7.78. The van der Waals surface area contributed by atoms with Crippen molar-refractivity contribution >= 4 is 5.91 Å². The molecule has 1 N–H and O–H groups in total. The predicted molar refractivity (Wildman–Crippen MR) is 156 cm³/mol. The van der Waals surface area contributed by atoms with Gasteiger partial charge >= 0.3 is 0 Å². The largest absolute Gasteiger partial charge is 0.497 e. The Hall–Kier alpha value is -4.77. The van der Waals surface area contributed by atoms with Crippen LogP contribution in [0.3, 0.4) is 0 Å².